The van der Waals surface area contributed by atoms with Gasteiger partial charge in [0.15, 0.2) is 0 Å². The van der Waals surface area contributed by atoms with Crippen LogP contribution in [0.15, 0.2) is 18.2 Å². The van der Waals surface area contributed by atoms with Gasteiger partial charge in [-0.25, -0.2) is 0 Å². The minimum Gasteiger partial charge on any atom is -0.140 e. The third-order valence-electron chi connectivity index (χ3n) is 3.45. The predicted molar refractivity (Wildman–Crippen MR) is 67.8 cm³/mol. The molecule has 2 aromatic rings. The van der Waals surface area contributed by atoms with E-state index in [1.165, 1.54) is 34.9 Å². The minimum atomic E-state index is 0.881. The zero-order valence-corrected chi connectivity index (χ0v) is 10.2. The van der Waals surface area contributed by atoms with E-state index in [-0.39, 0.29) is 0 Å². The molecule has 0 bridgehead atoms. The molecule has 1 aliphatic rings. The molecule has 3 rings (SSSR count). The van der Waals surface area contributed by atoms with Crippen molar-refractivity contribution >= 4 is 21.4 Å². The lowest BCUT2D eigenvalue weighted by Gasteiger charge is -2.17. The highest BCUT2D eigenvalue weighted by Gasteiger charge is 2.19. The first-order chi connectivity index (χ1) is 7.24. The van der Waals surface area contributed by atoms with Gasteiger partial charge in [-0.1, -0.05) is 24.6 Å². The Morgan fingerprint density at radius 1 is 1.33 bits per heavy atom. The summed E-state index contributed by atoms with van der Waals surface area (Å²) in [5, 5.41) is 1.53. The van der Waals surface area contributed by atoms with Crippen molar-refractivity contribution in [2.75, 3.05) is 0 Å². The summed E-state index contributed by atoms with van der Waals surface area (Å²) in [5.41, 5.74) is 3.04. The summed E-state index contributed by atoms with van der Waals surface area (Å²) in [6.45, 7) is 4.56. The molecular formula is C14H16S. The van der Waals surface area contributed by atoms with Crippen molar-refractivity contribution in [1.82, 2.24) is 0 Å². The van der Waals surface area contributed by atoms with Gasteiger partial charge in [0.2, 0.25) is 0 Å². The van der Waals surface area contributed by atoms with Gasteiger partial charge in [-0.2, -0.15) is 0 Å². The number of hydrogen-bond acceptors (Lipinski definition) is 1. The normalized spacial score (nSPS) is 20.5. The second-order valence-electron chi connectivity index (χ2n) is 4.85. The molecule has 1 heteroatoms. The van der Waals surface area contributed by atoms with Gasteiger partial charge in [0, 0.05) is 9.58 Å². The minimum absolute atomic E-state index is 0.881. The Balaban J connectivity index is 2.24. The number of aryl methyl sites for hydroxylation is 2. The van der Waals surface area contributed by atoms with Gasteiger partial charge in [0.05, 0.1) is 0 Å². The summed E-state index contributed by atoms with van der Waals surface area (Å²) >= 11 is 2.01. The SMILES string of the molecule is Cc1ccc2sc3c(c2c1)CCC(C)C3. The Labute approximate surface area is 94.9 Å². The van der Waals surface area contributed by atoms with E-state index in [0.717, 1.165) is 5.92 Å². The molecule has 1 aliphatic carbocycles. The summed E-state index contributed by atoms with van der Waals surface area (Å²) in [5.74, 6) is 0.881. The summed E-state index contributed by atoms with van der Waals surface area (Å²) in [6.07, 6.45) is 3.96. The molecule has 0 radical (unpaired) electrons. The molecule has 0 saturated heterocycles. The summed E-state index contributed by atoms with van der Waals surface area (Å²) in [7, 11) is 0. The Morgan fingerprint density at radius 3 is 3.07 bits per heavy atom. The Hall–Kier alpha value is -0.820. The lowest BCUT2D eigenvalue weighted by molar-refractivity contribution is 0.509. The molecule has 1 unspecified atom stereocenters. The van der Waals surface area contributed by atoms with Crippen molar-refractivity contribution in [3.05, 3.63) is 34.2 Å². The van der Waals surface area contributed by atoms with Gasteiger partial charge in [0.1, 0.15) is 0 Å². The van der Waals surface area contributed by atoms with Crippen molar-refractivity contribution in [3.8, 4) is 0 Å². The number of benzene rings is 1. The van der Waals surface area contributed by atoms with E-state index in [0.29, 0.717) is 0 Å². The molecule has 0 N–H and O–H groups in total. The molecule has 15 heavy (non-hydrogen) atoms. The third-order valence-corrected chi connectivity index (χ3v) is 4.69. The predicted octanol–water partition coefficient (Wildman–Crippen LogP) is 4.33. The monoisotopic (exact) mass is 216 g/mol. The highest BCUT2D eigenvalue weighted by atomic mass is 32.1. The molecule has 1 heterocycles. The van der Waals surface area contributed by atoms with Crippen LogP contribution in [0.2, 0.25) is 0 Å². The fourth-order valence-corrected chi connectivity index (χ4v) is 3.96. The van der Waals surface area contributed by atoms with Gasteiger partial charge >= 0.3 is 0 Å². The third kappa shape index (κ3) is 1.50. The van der Waals surface area contributed by atoms with Crippen LogP contribution in [0.3, 0.4) is 0 Å². The maximum Gasteiger partial charge on any atom is 0.0348 e. The maximum absolute atomic E-state index is 2.37. The van der Waals surface area contributed by atoms with Crippen LogP contribution >= 0.6 is 11.3 Å². The molecule has 1 aromatic heterocycles. The number of hydrogen-bond donors (Lipinski definition) is 0. The molecule has 0 aliphatic heterocycles. The van der Waals surface area contributed by atoms with Gasteiger partial charge < -0.3 is 0 Å². The first-order valence-electron chi connectivity index (χ1n) is 5.75. The number of fused-ring (bicyclic) bond motifs is 3. The molecule has 0 saturated carbocycles. The van der Waals surface area contributed by atoms with Crippen LogP contribution in [-0.2, 0) is 12.8 Å². The summed E-state index contributed by atoms with van der Waals surface area (Å²) in [6, 6.07) is 6.88. The average molecular weight is 216 g/mol. The van der Waals surface area contributed by atoms with E-state index in [9.17, 15) is 0 Å². The fourth-order valence-electron chi connectivity index (χ4n) is 2.56. The molecular weight excluding hydrogens is 200 g/mol. The Morgan fingerprint density at radius 2 is 2.20 bits per heavy atom. The second kappa shape index (κ2) is 3.34. The van der Waals surface area contributed by atoms with E-state index in [1.807, 2.05) is 11.3 Å². The van der Waals surface area contributed by atoms with E-state index in [2.05, 4.69) is 32.0 Å². The Kier molecular flexibility index (Phi) is 2.10. The van der Waals surface area contributed by atoms with Crippen LogP contribution < -0.4 is 0 Å². The molecule has 1 aromatic carbocycles. The van der Waals surface area contributed by atoms with Gasteiger partial charge in [0.25, 0.3) is 0 Å². The van der Waals surface area contributed by atoms with Crippen molar-refractivity contribution in [3.63, 3.8) is 0 Å². The standard InChI is InChI=1S/C14H16S/c1-9-4-6-13-12(7-9)11-5-3-10(2)8-14(11)15-13/h4,6-7,10H,3,5,8H2,1-2H3. The van der Waals surface area contributed by atoms with Crippen LogP contribution in [0.1, 0.15) is 29.3 Å². The molecule has 0 fully saturated rings. The van der Waals surface area contributed by atoms with Crippen molar-refractivity contribution < 1.29 is 0 Å². The van der Waals surface area contributed by atoms with Gasteiger partial charge in [-0.15, -0.1) is 11.3 Å². The Bertz CT molecular complexity index is 507. The summed E-state index contributed by atoms with van der Waals surface area (Å²) < 4.78 is 1.49. The lowest BCUT2D eigenvalue weighted by atomic mass is 9.89. The van der Waals surface area contributed by atoms with Crippen LogP contribution in [0.25, 0.3) is 10.1 Å². The average Bonchev–Trinajstić information content (AvgIpc) is 2.54. The van der Waals surface area contributed by atoms with Crippen LogP contribution in [0, 0.1) is 12.8 Å². The molecule has 0 amide bonds. The van der Waals surface area contributed by atoms with E-state index in [1.54, 1.807) is 10.4 Å². The van der Waals surface area contributed by atoms with Crippen LogP contribution in [0.5, 0.6) is 0 Å². The van der Waals surface area contributed by atoms with Gasteiger partial charge in [-0.3, -0.25) is 0 Å². The molecule has 0 nitrogen and oxygen atoms in total. The molecule has 0 spiro atoms. The van der Waals surface area contributed by atoms with Gasteiger partial charge in [-0.05, 0) is 49.1 Å². The second-order valence-corrected chi connectivity index (χ2v) is 5.99. The number of thiophene rings is 1. The highest BCUT2D eigenvalue weighted by molar-refractivity contribution is 7.19. The van der Waals surface area contributed by atoms with Crippen molar-refractivity contribution in [1.29, 1.82) is 0 Å². The van der Waals surface area contributed by atoms with E-state index in [4.69, 9.17) is 0 Å². The van der Waals surface area contributed by atoms with Crippen molar-refractivity contribution in [2.45, 2.75) is 33.1 Å². The number of rotatable bonds is 0. The first-order valence-corrected chi connectivity index (χ1v) is 6.56. The van der Waals surface area contributed by atoms with Crippen LogP contribution in [0.4, 0.5) is 0 Å². The highest BCUT2D eigenvalue weighted by Crippen LogP contribution is 2.38. The smallest absolute Gasteiger partial charge is 0.0348 e. The zero-order chi connectivity index (χ0) is 10.4. The lowest BCUT2D eigenvalue weighted by Crippen LogP contribution is -2.08. The van der Waals surface area contributed by atoms with E-state index < -0.39 is 0 Å². The quantitative estimate of drug-likeness (QED) is 0.614. The maximum atomic E-state index is 2.37. The van der Waals surface area contributed by atoms with Crippen LogP contribution in [-0.4, -0.2) is 0 Å². The zero-order valence-electron chi connectivity index (χ0n) is 9.34. The molecule has 1 atom stereocenters. The summed E-state index contributed by atoms with van der Waals surface area (Å²) in [4.78, 5) is 1.65. The van der Waals surface area contributed by atoms with E-state index >= 15 is 0 Å². The fraction of sp³-hybridized carbons (Fsp3) is 0.429. The van der Waals surface area contributed by atoms with Crippen molar-refractivity contribution in [2.24, 2.45) is 5.92 Å². The topological polar surface area (TPSA) is 0 Å². The molecule has 78 valence electrons. The first kappa shape index (κ1) is 9.41. The largest absolute Gasteiger partial charge is 0.140 e.